The lowest BCUT2D eigenvalue weighted by atomic mass is 10.1. The maximum atomic E-state index is 12.8. The number of fused-ring (bicyclic) bond motifs is 1. The van der Waals surface area contributed by atoms with Crippen LogP contribution >= 0.6 is 0 Å². The lowest BCUT2D eigenvalue weighted by Gasteiger charge is -2.15. The number of amides is 1. The van der Waals surface area contributed by atoms with E-state index in [0.717, 1.165) is 10.9 Å². The van der Waals surface area contributed by atoms with E-state index in [1.807, 2.05) is 32.3 Å². The maximum Gasteiger partial charge on any atom is 0.264 e. The van der Waals surface area contributed by atoms with Crippen molar-refractivity contribution in [1.29, 1.82) is 0 Å². The molecule has 32 heavy (non-hydrogen) atoms. The number of pyridine rings is 2. The Morgan fingerprint density at radius 1 is 1.06 bits per heavy atom. The average molecular weight is 430 g/mol. The lowest BCUT2D eigenvalue weighted by molar-refractivity contribution is -0.114. The first-order chi connectivity index (χ1) is 15.3. The minimum atomic E-state index is -0.205. The third kappa shape index (κ3) is 4.27. The third-order valence-corrected chi connectivity index (χ3v) is 4.75. The van der Waals surface area contributed by atoms with Crippen LogP contribution in [0.15, 0.2) is 59.7 Å². The number of nitrogens with zero attached hydrogens (tertiary/aromatic N) is 5. The van der Waals surface area contributed by atoms with Crippen molar-refractivity contribution in [3.05, 3.63) is 65.2 Å². The Bertz CT molecular complexity index is 1380. The fourth-order valence-electron chi connectivity index (χ4n) is 3.30. The lowest BCUT2D eigenvalue weighted by Crippen LogP contribution is -2.27. The van der Waals surface area contributed by atoms with Gasteiger partial charge >= 0.3 is 0 Å². The molecule has 9 heteroatoms. The Morgan fingerprint density at radius 3 is 2.59 bits per heavy atom. The highest BCUT2D eigenvalue weighted by atomic mass is 16.5. The van der Waals surface area contributed by atoms with Gasteiger partial charge in [0.05, 0.1) is 16.8 Å². The van der Waals surface area contributed by atoms with Gasteiger partial charge in [0.25, 0.3) is 5.56 Å². The molecule has 0 unspecified atom stereocenters. The molecule has 0 aliphatic carbocycles. The minimum absolute atomic E-state index is 0.164. The van der Waals surface area contributed by atoms with Gasteiger partial charge in [-0.05, 0) is 30.3 Å². The molecule has 0 radical (unpaired) electrons. The molecule has 0 spiro atoms. The van der Waals surface area contributed by atoms with E-state index < -0.39 is 0 Å². The first-order valence-corrected chi connectivity index (χ1v) is 9.88. The SMILES string of the molecule is CC(=O)Nc1cc(Oc2ccc3nc(-c4cnc(N(C)C)n(C)c4=O)ccc3c2)ccn1. The van der Waals surface area contributed by atoms with Gasteiger partial charge < -0.3 is 15.0 Å². The first-order valence-electron chi connectivity index (χ1n) is 9.88. The van der Waals surface area contributed by atoms with Crippen LogP contribution in [0, 0.1) is 0 Å². The number of carbonyl (C=O) groups is 1. The Hall–Kier alpha value is -4.27. The highest BCUT2D eigenvalue weighted by molar-refractivity contribution is 5.87. The van der Waals surface area contributed by atoms with Crippen molar-refractivity contribution >= 4 is 28.6 Å². The van der Waals surface area contributed by atoms with E-state index in [1.54, 1.807) is 48.6 Å². The number of anilines is 2. The van der Waals surface area contributed by atoms with Gasteiger partial charge in [-0.2, -0.15) is 0 Å². The fraction of sp³-hybridized carbons (Fsp3) is 0.174. The molecule has 3 heterocycles. The van der Waals surface area contributed by atoms with E-state index in [2.05, 4.69) is 20.3 Å². The predicted molar refractivity (Wildman–Crippen MR) is 123 cm³/mol. The van der Waals surface area contributed by atoms with Crippen molar-refractivity contribution in [3.63, 3.8) is 0 Å². The maximum absolute atomic E-state index is 12.8. The number of rotatable bonds is 5. The number of carbonyl (C=O) groups excluding carboxylic acids is 1. The molecular formula is C23H22N6O3. The minimum Gasteiger partial charge on any atom is -0.457 e. The van der Waals surface area contributed by atoms with Crippen molar-refractivity contribution in [2.45, 2.75) is 6.92 Å². The molecule has 3 aromatic heterocycles. The van der Waals surface area contributed by atoms with Crippen molar-refractivity contribution in [3.8, 4) is 22.8 Å². The van der Waals surface area contributed by atoms with Gasteiger partial charge in [-0.15, -0.1) is 0 Å². The van der Waals surface area contributed by atoms with Crippen molar-refractivity contribution in [2.24, 2.45) is 7.05 Å². The van der Waals surface area contributed by atoms with Crippen LogP contribution in [0.2, 0.25) is 0 Å². The number of benzene rings is 1. The van der Waals surface area contributed by atoms with Gasteiger partial charge in [0.1, 0.15) is 17.3 Å². The van der Waals surface area contributed by atoms with Crippen LogP contribution in [0.1, 0.15) is 6.92 Å². The molecule has 0 saturated carbocycles. The molecule has 0 atom stereocenters. The molecule has 162 valence electrons. The zero-order valence-corrected chi connectivity index (χ0v) is 18.2. The summed E-state index contributed by atoms with van der Waals surface area (Å²) < 4.78 is 7.41. The van der Waals surface area contributed by atoms with E-state index in [9.17, 15) is 9.59 Å². The van der Waals surface area contributed by atoms with Crippen LogP contribution < -0.4 is 20.5 Å². The van der Waals surface area contributed by atoms with E-state index >= 15 is 0 Å². The second-order valence-electron chi connectivity index (χ2n) is 7.44. The van der Waals surface area contributed by atoms with Crippen LogP contribution in [0.25, 0.3) is 22.2 Å². The normalized spacial score (nSPS) is 10.8. The molecule has 4 aromatic rings. The number of hydrogen-bond donors (Lipinski definition) is 1. The first kappa shape index (κ1) is 21.0. The summed E-state index contributed by atoms with van der Waals surface area (Å²) in [5, 5.41) is 3.48. The molecule has 0 aliphatic heterocycles. The monoisotopic (exact) mass is 430 g/mol. The molecule has 0 saturated heterocycles. The Morgan fingerprint density at radius 2 is 1.84 bits per heavy atom. The summed E-state index contributed by atoms with van der Waals surface area (Å²) in [4.78, 5) is 38.9. The van der Waals surface area contributed by atoms with Crippen molar-refractivity contribution in [2.75, 3.05) is 24.3 Å². The van der Waals surface area contributed by atoms with Gasteiger partial charge in [0.2, 0.25) is 11.9 Å². The van der Waals surface area contributed by atoms with E-state index in [4.69, 9.17) is 4.74 Å². The fourth-order valence-corrected chi connectivity index (χ4v) is 3.30. The van der Waals surface area contributed by atoms with Gasteiger partial charge in [-0.25, -0.2) is 15.0 Å². The highest BCUT2D eigenvalue weighted by Gasteiger charge is 2.12. The summed E-state index contributed by atoms with van der Waals surface area (Å²) >= 11 is 0. The van der Waals surface area contributed by atoms with E-state index in [-0.39, 0.29) is 11.5 Å². The molecule has 1 N–H and O–H groups in total. The summed E-state index contributed by atoms with van der Waals surface area (Å²) in [6.45, 7) is 1.42. The summed E-state index contributed by atoms with van der Waals surface area (Å²) in [7, 11) is 5.36. The number of aromatic nitrogens is 4. The Balaban J connectivity index is 1.63. The predicted octanol–water partition coefficient (Wildman–Crippen LogP) is 3.21. The molecule has 0 fully saturated rings. The summed E-state index contributed by atoms with van der Waals surface area (Å²) in [5.74, 6) is 1.93. The van der Waals surface area contributed by atoms with Crippen LogP contribution in [0.3, 0.4) is 0 Å². The van der Waals surface area contributed by atoms with Gasteiger partial charge in [-0.1, -0.05) is 6.07 Å². The molecule has 0 aliphatic rings. The molecule has 1 amide bonds. The number of ether oxygens (including phenoxy) is 1. The summed E-state index contributed by atoms with van der Waals surface area (Å²) in [6.07, 6.45) is 3.12. The molecular weight excluding hydrogens is 408 g/mol. The Kier molecular flexibility index (Phi) is 5.55. The second-order valence-corrected chi connectivity index (χ2v) is 7.44. The van der Waals surface area contributed by atoms with Gasteiger partial charge in [0, 0.05) is 51.9 Å². The number of nitrogens with one attached hydrogen (secondary N) is 1. The van der Waals surface area contributed by atoms with E-state index in [0.29, 0.717) is 34.5 Å². The molecule has 1 aromatic carbocycles. The van der Waals surface area contributed by atoms with E-state index in [1.165, 1.54) is 11.5 Å². The smallest absolute Gasteiger partial charge is 0.264 e. The third-order valence-electron chi connectivity index (χ3n) is 4.75. The number of hydrogen-bond acceptors (Lipinski definition) is 7. The van der Waals surface area contributed by atoms with Crippen molar-refractivity contribution < 1.29 is 9.53 Å². The van der Waals surface area contributed by atoms with Crippen LogP contribution in [-0.4, -0.2) is 39.5 Å². The average Bonchev–Trinajstić information content (AvgIpc) is 2.75. The quantitative estimate of drug-likeness (QED) is 0.519. The standard InChI is InChI=1S/C23H22N6O3/c1-14(30)26-21-12-17(9-10-24-21)32-16-6-8-19-15(11-16)5-7-20(27-19)18-13-25-23(28(2)3)29(4)22(18)31/h5-13H,1-4H3,(H,24,26,30). The molecule has 4 rings (SSSR count). The highest BCUT2D eigenvalue weighted by Crippen LogP contribution is 2.27. The summed E-state index contributed by atoms with van der Waals surface area (Å²) in [5.41, 5.74) is 1.55. The van der Waals surface area contributed by atoms with Crippen molar-refractivity contribution in [1.82, 2.24) is 19.5 Å². The topological polar surface area (TPSA) is 102 Å². The largest absolute Gasteiger partial charge is 0.457 e. The second kappa shape index (κ2) is 8.46. The van der Waals surface area contributed by atoms with Crippen LogP contribution in [-0.2, 0) is 11.8 Å². The van der Waals surface area contributed by atoms with Crippen LogP contribution in [0.4, 0.5) is 11.8 Å². The zero-order chi connectivity index (χ0) is 22.8. The molecule has 9 nitrogen and oxygen atoms in total. The zero-order valence-electron chi connectivity index (χ0n) is 18.2. The Labute approximate surface area is 184 Å². The van der Waals surface area contributed by atoms with Gasteiger partial charge in [-0.3, -0.25) is 14.2 Å². The van der Waals surface area contributed by atoms with Crippen LogP contribution in [0.5, 0.6) is 11.5 Å². The summed E-state index contributed by atoms with van der Waals surface area (Å²) in [6, 6.07) is 12.5. The molecule has 0 bridgehead atoms. The van der Waals surface area contributed by atoms with Gasteiger partial charge in [0.15, 0.2) is 0 Å².